The van der Waals surface area contributed by atoms with Crippen LogP contribution >= 0.6 is 0 Å². The lowest BCUT2D eigenvalue weighted by molar-refractivity contribution is 0.303. The molecule has 1 fully saturated rings. The molecular formula is C13H20N2. The van der Waals surface area contributed by atoms with Gasteiger partial charge in [-0.2, -0.15) is 0 Å². The van der Waals surface area contributed by atoms with Crippen molar-refractivity contribution < 1.29 is 0 Å². The first-order chi connectivity index (χ1) is 7.24. The number of piperazine rings is 1. The number of hydrogen-bond acceptors (Lipinski definition) is 2. The Balaban J connectivity index is 2.20. The summed E-state index contributed by atoms with van der Waals surface area (Å²) >= 11 is 0. The largest absolute Gasteiger partial charge is 0.313 e. The quantitative estimate of drug-likeness (QED) is 0.765. The minimum absolute atomic E-state index is 0.102. The summed E-state index contributed by atoms with van der Waals surface area (Å²) in [5, 5.41) is 7.03. The van der Waals surface area contributed by atoms with E-state index in [2.05, 4.69) is 48.7 Å². The molecule has 2 heteroatoms. The highest BCUT2D eigenvalue weighted by atomic mass is 15.1. The van der Waals surface area contributed by atoms with E-state index in [0.717, 1.165) is 26.1 Å². The summed E-state index contributed by atoms with van der Waals surface area (Å²) < 4.78 is 0. The van der Waals surface area contributed by atoms with Gasteiger partial charge in [-0.25, -0.2) is 0 Å². The molecular weight excluding hydrogens is 184 g/mol. The Bertz CT molecular complexity index is 310. The zero-order valence-corrected chi connectivity index (χ0v) is 9.64. The van der Waals surface area contributed by atoms with Gasteiger partial charge < -0.3 is 10.6 Å². The van der Waals surface area contributed by atoms with Crippen LogP contribution in [0, 0.1) is 0 Å². The van der Waals surface area contributed by atoms with E-state index in [1.807, 2.05) is 0 Å². The molecule has 2 nitrogen and oxygen atoms in total. The molecule has 1 aliphatic heterocycles. The van der Waals surface area contributed by atoms with Crippen LogP contribution in [0.1, 0.15) is 25.0 Å². The predicted molar refractivity (Wildman–Crippen MR) is 64.0 cm³/mol. The average molecular weight is 204 g/mol. The number of rotatable bonds is 2. The van der Waals surface area contributed by atoms with Crippen LogP contribution in [0.25, 0.3) is 0 Å². The van der Waals surface area contributed by atoms with Crippen molar-refractivity contribution in [3.05, 3.63) is 35.4 Å². The molecule has 0 aliphatic carbocycles. The molecule has 0 amide bonds. The average Bonchev–Trinajstić information content (AvgIpc) is 2.30. The molecule has 1 saturated heterocycles. The summed E-state index contributed by atoms with van der Waals surface area (Å²) in [6, 6.07) is 8.96. The molecule has 0 saturated carbocycles. The van der Waals surface area contributed by atoms with Crippen LogP contribution < -0.4 is 10.6 Å². The van der Waals surface area contributed by atoms with Gasteiger partial charge in [-0.3, -0.25) is 0 Å². The second kappa shape index (κ2) is 4.33. The maximum absolute atomic E-state index is 3.59. The predicted octanol–water partition coefficient (Wildman–Crippen LogP) is 1.66. The molecule has 0 aromatic heterocycles. The van der Waals surface area contributed by atoms with Gasteiger partial charge in [0.25, 0.3) is 0 Å². The smallest absolute Gasteiger partial charge is 0.0532 e. The Hall–Kier alpha value is -0.860. The van der Waals surface area contributed by atoms with Crippen LogP contribution in [0.3, 0.4) is 0 Å². The molecule has 15 heavy (non-hydrogen) atoms. The van der Waals surface area contributed by atoms with Gasteiger partial charge in [0.05, 0.1) is 5.54 Å². The first-order valence-corrected chi connectivity index (χ1v) is 5.80. The normalized spacial score (nSPS) is 26.5. The highest BCUT2D eigenvalue weighted by Gasteiger charge is 2.27. The minimum atomic E-state index is 0.102. The van der Waals surface area contributed by atoms with E-state index in [9.17, 15) is 0 Å². The van der Waals surface area contributed by atoms with Gasteiger partial charge >= 0.3 is 0 Å². The van der Waals surface area contributed by atoms with Gasteiger partial charge in [0.2, 0.25) is 0 Å². The van der Waals surface area contributed by atoms with Crippen molar-refractivity contribution in [3.63, 3.8) is 0 Å². The van der Waals surface area contributed by atoms with E-state index < -0.39 is 0 Å². The molecule has 1 aliphatic rings. The van der Waals surface area contributed by atoms with Crippen molar-refractivity contribution in [3.8, 4) is 0 Å². The highest BCUT2D eigenvalue weighted by Crippen LogP contribution is 2.21. The zero-order chi connectivity index (χ0) is 10.7. The monoisotopic (exact) mass is 204 g/mol. The first kappa shape index (κ1) is 10.7. The van der Waals surface area contributed by atoms with Gasteiger partial charge in [0.1, 0.15) is 0 Å². The van der Waals surface area contributed by atoms with Crippen molar-refractivity contribution in [1.29, 1.82) is 0 Å². The second-order valence-electron chi connectivity index (χ2n) is 4.49. The molecule has 1 aromatic rings. The van der Waals surface area contributed by atoms with E-state index in [1.54, 1.807) is 0 Å². The lowest BCUT2D eigenvalue weighted by Crippen LogP contribution is -2.54. The number of benzene rings is 1. The fraction of sp³-hybridized carbons (Fsp3) is 0.538. The highest BCUT2D eigenvalue weighted by molar-refractivity contribution is 5.29. The number of hydrogen-bond donors (Lipinski definition) is 2. The fourth-order valence-electron chi connectivity index (χ4n) is 2.14. The molecule has 0 bridgehead atoms. The van der Waals surface area contributed by atoms with Gasteiger partial charge in [-0.1, -0.05) is 31.2 Å². The summed E-state index contributed by atoms with van der Waals surface area (Å²) in [6.45, 7) is 7.59. The fourth-order valence-corrected chi connectivity index (χ4v) is 2.14. The van der Waals surface area contributed by atoms with E-state index in [1.165, 1.54) is 11.1 Å². The lowest BCUT2D eigenvalue weighted by atomic mass is 9.89. The molecule has 0 spiro atoms. The molecule has 0 radical (unpaired) electrons. The minimum Gasteiger partial charge on any atom is -0.313 e. The molecule has 1 atom stereocenters. The van der Waals surface area contributed by atoms with E-state index in [-0.39, 0.29) is 5.54 Å². The summed E-state index contributed by atoms with van der Waals surface area (Å²) in [5.41, 5.74) is 2.89. The van der Waals surface area contributed by atoms with E-state index in [0.29, 0.717) is 0 Å². The summed E-state index contributed by atoms with van der Waals surface area (Å²) in [5.74, 6) is 0. The Kier molecular flexibility index (Phi) is 3.08. The van der Waals surface area contributed by atoms with Gasteiger partial charge in [-0.15, -0.1) is 0 Å². The Morgan fingerprint density at radius 1 is 1.20 bits per heavy atom. The molecule has 1 heterocycles. The lowest BCUT2D eigenvalue weighted by Gasteiger charge is -2.36. The van der Waals surface area contributed by atoms with E-state index in [4.69, 9.17) is 0 Å². The molecule has 1 aromatic carbocycles. The third kappa shape index (κ3) is 2.21. The Labute approximate surface area is 92.1 Å². The molecule has 2 N–H and O–H groups in total. The summed E-state index contributed by atoms with van der Waals surface area (Å²) in [4.78, 5) is 0. The van der Waals surface area contributed by atoms with Crippen molar-refractivity contribution >= 4 is 0 Å². The number of nitrogens with one attached hydrogen (secondary N) is 2. The first-order valence-electron chi connectivity index (χ1n) is 5.80. The molecule has 2 rings (SSSR count). The van der Waals surface area contributed by atoms with Crippen LogP contribution in [0.4, 0.5) is 0 Å². The summed E-state index contributed by atoms with van der Waals surface area (Å²) in [7, 11) is 0. The Morgan fingerprint density at radius 2 is 1.93 bits per heavy atom. The SMILES string of the molecule is CCc1ccc(C2(C)CNCCN2)cc1. The van der Waals surface area contributed by atoms with Crippen LogP contribution in [-0.4, -0.2) is 19.6 Å². The van der Waals surface area contributed by atoms with Crippen molar-refractivity contribution in [1.82, 2.24) is 10.6 Å². The van der Waals surface area contributed by atoms with Crippen molar-refractivity contribution in [2.45, 2.75) is 25.8 Å². The van der Waals surface area contributed by atoms with Crippen molar-refractivity contribution in [2.24, 2.45) is 0 Å². The standard InChI is InChI=1S/C13H20N2/c1-3-11-4-6-12(7-5-11)13(2)10-14-8-9-15-13/h4-7,14-15H,3,8-10H2,1-2H3. The molecule has 82 valence electrons. The van der Waals surface area contributed by atoms with Crippen LogP contribution in [0.15, 0.2) is 24.3 Å². The van der Waals surface area contributed by atoms with Crippen molar-refractivity contribution in [2.75, 3.05) is 19.6 Å². The maximum atomic E-state index is 3.59. The third-order valence-electron chi connectivity index (χ3n) is 3.29. The van der Waals surface area contributed by atoms with E-state index >= 15 is 0 Å². The maximum Gasteiger partial charge on any atom is 0.0532 e. The zero-order valence-electron chi connectivity index (χ0n) is 9.64. The van der Waals surface area contributed by atoms with Crippen LogP contribution in [0.2, 0.25) is 0 Å². The topological polar surface area (TPSA) is 24.1 Å². The van der Waals surface area contributed by atoms with Crippen LogP contribution in [-0.2, 0) is 12.0 Å². The molecule has 1 unspecified atom stereocenters. The Morgan fingerprint density at radius 3 is 2.47 bits per heavy atom. The number of aryl methyl sites for hydroxylation is 1. The second-order valence-corrected chi connectivity index (χ2v) is 4.49. The van der Waals surface area contributed by atoms with Gasteiger partial charge in [0.15, 0.2) is 0 Å². The third-order valence-corrected chi connectivity index (χ3v) is 3.29. The van der Waals surface area contributed by atoms with Gasteiger partial charge in [-0.05, 0) is 24.5 Å². The summed E-state index contributed by atoms with van der Waals surface area (Å²) in [6.07, 6.45) is 1.11. The van der Waals surface area contributed by atoms with Crippen LogP contribution in [0.5, 0.6) is 0 Å². The van der Waals surface area contributed by atoms with Gasteiger partial charge in [0, 0.05) is 19.6 Å².